The smallest absolute Gasteiger partial charge is 0.319 e. The Labute approximate surface area is 87.6 Å². The van der Waals surface area contributed by atoms with Gasteiger partial charge in [0.2, 0.25) is 0 Å². The molecule has 0 radical (unpaired) electrons. The number of aliphatic hydroxyl groups is 1. The number of aliphatic hydroxyl groups excluding tert-OH is 1. The van der Waals surface area contributed by atoms with E-state index in [-0.39, 0.29) is 6.61 Å². The molecule has 82 valence electrons. The molecule has 14 heavy (non-hydrogen) atoms. The van der Waals surface area contributed by atoms with E-state index < -0.39 is 10.7 Å². The number of carboxylic acid groups (broad SMARTS) is 1. The van der Waals surface area contributed by atoms with Crippen LogP contribution >= 0.6 is 11.8 Å². The monoisotopic (exact) mass is 220 g/mol. The van der Waals surface area contributed by atoms with Gasteiger partial charge in [-0.1, -0.05) is 0 Å². The van der Waals surface area contributed by atoms with Gasteiger partial charge >= 0.3 is 5.97 Å². The Hall–Kier alpha value is -0.260. The van der Waals surface area contributed by atoms with Gasteiger partial charge in [-0.05, 0) is 25.0 Å². The van der Waals surface area contributed by atoms with Gasteiger partial charge in [-0.15, -0.1) is 11.8 Å². The van der Waals surface area contributed by atoms with Crippen LogP contribution in [0.5, 0.6) is 0 Å². The van der Waals surface area contributed by atoms with E-state index in [1.54, 1.807) is 0 Å². The first-order chi connectivity index (χ1) is 6.71. The maximum atomic E-state index is 11.1. The largest absolute Gasteiger partial charge is 0.480 e. The molecule has 0 spiro atoms. The third kappa shape index (κ3) is 2.87. The normalized spacial score (nSPS) is 26.6. The lowest BCUT2D eigenvalue weighted by atomic mass is 10.00. The summed E-state index contributed by atoms with van der Waals surface area (Å²) in [6, 6.07) is 0. The van der Waals surface area contributed by atoms with Gasteiger partial charge in [0.25, 0.3) is 0 Å². The van der Waals surface area contributed by atoms with Gasteiger partial charge in [0.15, 0.2) is 0 Å². The Bertz CT molecular complexity index is 189. The molecule has 0 aromatic carbocycles. The van der Waals surface area contributed by atoms with Crippen molar-refractivity contribution in [3.63, 3.8) is 0 Å². The van der Waals surface area contributed by atoms with Crippen LogP contribution in [-0.2, 0) is 9.53 Å². The molecule has 1 aliphatic rings. The average Bonchev–Trinajstić information content (AvgIpc) is 2.62. The van der Waals surface area contributed by atoms with Crippen LogP contribution in [0, 0.1) is 0 Å². The standard InChI is InChI=1S/C9H16O4S/c10-4-6-13-5-3-9(8(11)12)2-1-7-14-9/h10H,1-7H2,(H,11,12). The minimum Gasteiger partial charge on any atom is -0.480 e. The fourth-order valence-corrected chi connectivity index (χ4v) is 2.89. The lowest BCUT2D eigenvalue weighted by Crippen LogP contribution is -2.33. The minimum absolute atomic E-state index is 0.00673. The van der Waals surface area contributed by atoms with Crippen molar-refractivity contribution >= 4 is 17.7 Å². The SMILES string of the molecule is O=C(O)C1(CCOCCO)CCCS1. The van der Waals surface area contributed by atoms with Crippen molar-refractivity contribution in [3.8, 4) is 0 Å². The zero-order chi connectivity index (χ0) is 10.4. The zero-order valence-corrected chi connectivity index (χ0v) is 8.89. The Morgan fingerprint density at radius 2 is 2.29 bits per heavy atom. The van der Waals surface area contributed by atoms with Crippen LogP contribution < -0.4 is 0 Å². The molecule has 0 bridgehead atoms. The van der Waals surface area contributed by atoms with Crippen LogP contribution in [0.4, 0.5) is 0 Å². The summed E-state index contributed by atoms with van der Waals surface area (Å²) < 4.78 is 4.46. The molecule has 4 nitrogen and oxygen atoms in total. The van der Waals surface area contributed by atoms with Crippen molar-refractivity contribution in [1.82, 2.24) is 0 Å². The van der Waals surface area contributed by atoms with E-state index in [9.17, 15) is 4.79 Å². The molecular formula is C9H16O4S. The molecule has 2 N–H and O–H groups in total. The van der Waals surface area contributed by atoms with Crippen molar-refractivity contribution in [2.24, 2.45) is 0 Å². The van der Waals surface area contributed by atoms with Crippen LogP contribution in [0.25, 0.3) is 0 Å². The van der Waals surface area contributed by atoms with Gasteiger partial charge in [0, 0.05) is 6.61 Å². The van der Waals surface area contributed by atoms with E-state index in [0.717, 1.165) is 18.6 Å². The first-order valence-electron chi connectivity index (χ1n) is 4.77. The molecule has 1 aliphatic heterocycles. The van der Waals surface area contributed by atoms with Crippen molar-refractivity contribution in [3.05, 3.63) is 0 Å². The highest BCUT2D eigenvalue weighted by Gasteiger charge is 2.41. The number of carbonyl (C=O) groups is 1. The lowest BCUT2D eigenvalue weighted by molar-refractivity contribution is -0.140. The summed E-state index contributed by atoms with van der Waals surface area (Å²) in [5.41, 5.74) is 0. The first-order valence-corrected chi connectivity index (χ1v) is 5.76. The van der Waals surface area contributed by atoms with E-state index >= 15 is 0 Å². The van der Waals surface area contributed by atoms with E-state index in [1.807, 2.05) is 0 Å². The van der Waals surface area contributed by atoms with Crippen molar-refractivity contribution in [2.75, 3.05) is 25.6 Å². The maximum Gasteiger partial charge on any atom is 0.319 e. The Balaban J connectivity index is 2.33. The average molecular weight is 220 g/mol. The van der Waals surface area contributed by atoms with Crippen LogP contribution in [0.2, 0.25) is 0 Å². The molecule has 1 heterocycles. The predicted molar refractivity (Wildman–Crippen MR) is 54.6 cm³/mol. The fourth-order valence-electron chi connectivity index (χ4n) is 1.57. The van der Waals surface area contributed by atoms with E-state index in [4.69, 9.17) is 14.9 Å². The van der Waals surface area contributed by atoms with Gasteiger partial charge in [-0.2, -0.15) is 0 Å². The highest BCUT2D eigenvalue weighted by atomic mass is 32.2. The molecule has 1 unspecified atom stereocenters. The molecule has 1 saturated heterocycles. The number of hydrogen-bond donors (Lipinski definition) is 2. The van der Waals surface area contributed by atoms with E-state index in [2.05, 4.69) is 0 Å². The van der Waals surface area contributed by atoms with Gasteiger partial charge in [-0.3, -0.25) is 4.79 Å². The van der Waals surface area contributed by atoms with Crippen molar-refractivity contribution < 1.29 is 19.7 Å². The molecule has 0 amide bonds. The summed E-state index contributed by atoms with van der Waals surface area (Å²) >= 11 is 1.51. The van der Waals surface area contributed by atoms with Crippen LogP contribution in [-0.4, -0.2) is 46.5 Å². The molecule has 1 fully saturated rings. The second-order valence-corrected chi connectivity index (χ2v) is 4.82. The predicted octanol–water partition coefficient (Wildman–Crippen LogP) is 0.736. The number of carboxylic acids is 1. The van der Waals surface area contributed by atoms with Gasteiger partial charge in [-0.25, -0.2) is 0 Å². The summed E-state index contributed by atoms with van der Waals surface area (Å²) in [7, 11) is 0. The molecular weight excluding hydrogens is 204 g/mol. The summed E-state index contributed by atoms with van der Waals surface area (Å²) in [4.78, 5) is 11.1. The van der Waals surface area contributed by atoms with Crippen molar-refractivity contribution in [1.29, 1.82) is 0 Å². The molecule has 0 aromatic rings. The van der Waals surface area contributed by atoms with E-state index in [1.165, 1.54) is 11.8 Å². The number of ether oxygens (including phenoxy) is 1. The summed E-state index contributed by atoms with van der Waals surface area (Å²) in [6.45, 7) is 0.702. The summed E-state index contributed by atoms with van der Waals surface area (Å²) in [6.07, 6.45) is 2.24. The van der Waals surface area contributed by atoms with Gasteiger partial charge in [0.05, 0.1) is 13.2 Å². The molecule has 0 saturated carbocycles. The Morgan fingerprint density at radius 1 is 1.50 bits per heavy atom. The van der Waals surface area contributed by atoms with Crippen molar-refractivity contribution in [2.45, 2.75) is 24.0 Å². The Morgan fingerprint density at radius 3 is 2.79 bits per heavy atom. The number of thioether (sulfide) groups is 1. The third-order valence-corrected chi connectivity index (χ3v) is 4.01. The molecule has 0 aliphatic carbocycles. The lowest BCUT2D eigenvalue weighted by Gasteiger charge is -2.22. The van der Waals surface area contributed by atoms with Crippen LogP contribution in [0.3, 0.4) is 0 Å². The van der Waals surface area contributed by atoms with E-state index in [0.29, 0.717) is 19.6 Å². The summed E-state index contributed by atoms with van der Waals surface area (Å²) in [5.74, 6) is 0.194. The maximum absolute atomic E-state index is 11.1. The number of hydrogen-bond acceptors (Lipinski definition) is 4. The molecule has 5 heteroatoms. The number of rotatable bonds is 6. The first kappa shape index (κ1) is 11.8. The molecule has 1 atom stereocenters. The second-order valence-electron chi connectivity index (χ2n) is 3.34. The van der Waals surface area contributed by atoms with Gasteiger partial charge in [0.1, 0.15) is 4.75 Å². The fraction of sp³-hybridized carbons (Fsp3) is 0.889. The van der Waals surface area contributed by atoms with Gasteiger partial charge < -0.3 is 14.9 Å². The topological polar surface area (TPSA) is 66.8 Å². The Kier molecular flexibility index (Phi) is 4.71. The number of aliphatic carboxylic acids is 1. The zero-order valence-electron chi connectivity index (χ0n) is 8.07. The van der Waals surface area contributed by atoms with Crippen LogP contribution in [0.15, 0.2) is 0 Å². The highest BCUT2D eigenvalue weighted by Crippen LogP contribution is 2.41. The van der Waals surface area contributed by atoms with Crippen LogP contribution in [0.1, 0.15) is 19.3 Å². The molecule has 1 rings (SSSR count). The third-order valence-electron chi connectivity index (χ3n) is 2.38. The minimum atomic E-state index is -0.729. The molecule has 0 aromatic heterocycles. The second kappa shape index (κ2) is 5.58. The highest BCUT2D eigenvalue weighted by molar-refractivity contribution is 8.01. The quantitative estimate of drug-likeness (QED) is 0.646. The summed E-state index contributed by atoms with van der Waals surface area (Å²) in [5, 5.41) is 17.6.